The van der Waals surface area contributed by atoms with Gasteiger partial charge in [-0.25, -0.2) is 4.57 Å². The van der Waals surface area contributed by atoms with Gasteiger partial charge in [0.15, 0.2) is 0 Å². The predicted octanol–water partition coefficient (Wildman–Crippen LogP) is 22.0. The zero-order valence-electron chi connectivity index (χ0n) is 54.5. The number of nitrogens with zero attached hydrogens (tertiary/aromatic N) is 1. The summed E-state index contributed by atoms with van der Waals surface area (Å²) >= 11 is 0. The molecule has 0 aromatic heterocycles. The summed E-state index contributed by atoms with van der Waals surface area (Å²) in [5.74, 6) is -0.490. The Hall–Kier alpha value is -2.03. The lowest BCUT2D eigenvalue weighted by molar-refractivity contribution is -0.870. The van der Waals surface area contributed by atoms with Crippen molar-refractivity contribution < 1.29 is 37.3 Å². The molecule has 3 atom stereocenters. The second-order valence-corrected chi connectivity index (χ2v) is 26.5. The highest BCUT2D eigenvalue weighted by Crippen LogP contribution is 2.43. The van der Waals surface area contributed by atoms with E-state index in [1.807, 2.05) is 33.3 Å². The summed E-state index contributed by atoms with van der Waals surface area (Å²) in [5.41, 5.74) is 0. The van der Waals surface area contributed by atoms with Crippen molar-refractivity contribution in [3.8, 4) is 0 Å². The Kier molecular flexibility index (Phi) is 59.5. The Morgan fingerprint density at radius 2 is 0.753 bits per heavy atom. The Labute approximate surface area is 503 Å². The van der Waals surface area contributed by atoms with Crippen molar-refractivity contribution in [2.24, 2.45) is 0 Å². The molecule has 0 fully saturated rings. The van der Waals surface area contributed by atoms with E-state index in [9.17, 15) is 19.0 Å². The summed E-state index contributed by atoms with van der Waals surface area (Å²) in [6, 6.07) is -0.847. The molecule has 0 saturated heterocycles. The van der Waals surface area contributed by atoms with Crippen LogP contribution in [0.1, 0.15) is 342 Å². The number of phosphoric ester groups is 1. The molecule has 0 aromatic rings. The molecule has 0 aliphatic heterocycles. The molecule has 0 heterocycles. The van der Waals surface area contributed by atoms with Crippen molar-refractivity contribution in [1.82, 2.24) is 5.32 Å². The van der Waals surface area contributed by atoms with Crippen molar-refractivity contribution >= 4 is 19.7 Å². The maximum Gasteiger partial charge on any atom is 0.472 e. The topological polar surface area (TPSA) is 111 Å². The van der Waals surface area contributed by atoms with Gasteiger partial charge in [0.1, 0.15) is 19.3 Å². The van der Waals surface area contributed by atoms with Crippen LogP contribution in [-0.4, -0.2) is 74.3 Å². The van der Waals surface area contributed by atoms with Gasteiger partial charge in [-0.1, -0.05) is 307 Å². The minimum Gasteiger partial charge on any atom is -0.456 e. The minimum absolute atomic E-state index is 0.0418. The van der Waals surface area contributed by atoms with Crippen LogP contribution >= 0.6 is 7.82 Å². The zero-order valence-corrected chi connectivity index (χ0v) is 55.4. The maximum absolute atomic E-state index is 13.6. The Balaban J connectivity index is 5.09. The van der Waals surface area contributed by atoms with Gasteiger partial charge in [-0.15, -0.1) is 0 Å². The third-order valence-electron chi connectivity index (χ3n) is 15.8. The SMILES string of the molecule is CCCCC/C=C\C/C=C\C/C=C\CCCCCCCCCCCCCCC(=O)NC(COP(=O)(O)OCC[N+](C)(C)C)C(/C=C\CCCCCCCCCCCCC)OC(=O)CCCCCCCCCCCCCCCCCCC. The van der Waals surface area contributed by atoms with E-state index in [0.717, 1.165) is 70.6 Å². The van der Waals surface area contributed by atoms with Gasteiger partial charge in [0.2, 0.25) is 5.91 Å². The number of hydrogen-bond donors (Lipinski definition) is 2. The molecular formula is C71H136N2O7P+. The number of carbonyl (C=O) groups is 2. The van der Waals surface area contributed by atoms with Crippen LogP contribution in [-0.2, 0) is 27.9 Å². The van der Waals surface area contributed by atoms with Gasteiger partial charge in [-0.05, 0) is 70.3 Å². The summed E-state index contributed by atoms with van der Waals surface area (Å²) < 4.78 is 30.8. The number of nitrogens with one attached hydrogen (secondary N) is 1. The lowest BCUT2D eigenvalue weighted by Crippen LogP contribution is -2.47. The lowest BCUT2D eigenvalue weighted by atomic mass is 10.0. The molecule has 3 unspecified atom stereocenters. The van der Waals surface area contributed by atoms with Crippen LogP contribution < -0.4 is 5.32 Å². The number of amides is 1. The molecule has 0 bridgehead atoms. The molecule has 1 amide bonds. The quantitative estimate of drug-likeness (QED) is 0.0205. The number of rotatable bonds is 64. The van der Waals surface area contributed by atoms with Crippen LogP contribution in [0.5, 0.6) is 0 Å². The fourth-order valence-corrected chi connectivity index (χ4v) is 11.1. The fourth-order valence-electron chi connectivity index (χ4n) is 10.4. The van der Waals surface area contributed by atoms with E-state index in [4.69, 9.17) is 13.8 Å². The van der Waals surface area contributed by atoms with Gasteiger partial charge in [0.05, 0.1) is 33.8 Å². The maximum atomic E-state index is 13.6. The van der Waals surface area contributed by atoms with Crippen LogP contribution in [0.3, 0.4) is 0 Å². The number of allylic oxidation sites excluding steroid dienone is 7. The van der Waals surface area contributed by atoms with Gasteiger partial charge in [-0.2, -0.15) is 0 Å². The first-order valence-corrected chi connectivity index (χ1v) is 36.5. The van der Waals surface area contributed by atoms with Crippen molar-refractivity contribution in [1.29, 1.82) is 0 Å². The van der Waals surface area contributed by atoms with Crippen LogP contribution in [0.2, 0.25) is 0 Å². The van der Waals surface area contributed by atoms with Gasteiger partial charge in [0, 0.05) is 12.8 Å². The van der Waals surface area contributed by atoms with Gasteiger partial charge >= 0.3 is 13.8 Å². The summed E-state index contributed by atoms with van der Waals surface area (Å²) in [4.78, 5) is 37.9. The van der Waals surface area contributed by atoms with Crippen LogP contribution in [0.25, 0.3) is 0 Å². The molecule has 81 heavy (non-hydrogen) atoms. The first-order valence-electron chi connectivity index (χ1n) is 35.0. The largest absolute Gasteiger partial charge is 0.472 e. The van der Waals surface area contributed by atoms with E-state index in [2.05, 4.69) is 62.5 Å². The molecule has 0 aliphatic carbocycles. The lowest BCUT2D eigenvalue weighted by Gasteiger charge is -2.27. The number of esters is 1. The second kappa shape index (κ2) is 61.1. The third kappa shape index (κ3) is 62.3. The van der Waals surface area contributed by atoms with Gasteiger partial charge < -0.3 is 19.4 Å². The highest BCUT2D eigenvalue weighted by Gasteiger charge is 2.30. The van der Waals surface area contributed by atoms with E-state index < -0.39 is 20.0 Å². The van der Waals surface area contributed by atoms with Gasteiger partial charge in [0.25, 0.3) is 0 Å². The van der Waals surface area contributed by atoms with Crippen LogP contribution in [0.15, 0.2) is 48.6 Å². The van der Waals surface area contributed by atoms with E-state index in [0.29, 0.717) is 23.9 Å². The summed E-state index contributed by atoms with van der Waals surface area (Å²) in [6.07, 6.45) is 76.8. The molecule has 476 valence electrons. The summed E-state index contributed by atoms with van der Waals surface area (Å²) in [7, 11) is 1.51. The number of ether oxygens (including phenoxy) is 1. The van der Waals surface area contributed by atoms with E-state index in [1.165, 1.54) is 238 Å². The molecule has 2 N–H and O–H groups in total. The van der Waals surface area contributed by atoms with E-state index in [-0.39, 0.29) is 25.1 Å². The number of phosphoric acid groups is 1. The molecular weight excluding hydrogens is 1020 g/mol. The third-order valence-corrected chi connectivity index (χ3v) is 16.8. The van der Waals surface area contributed by atoms with Crippen LogP contribution in [0, 0.1) is 0 Å². The van der Waals surface area contributed by atoms with Crippen LogP contribution in [0.4, 0.5) is 0 Å². The average molecular weight is 1160 g/mol. The molecule has 0 aromatic carbocycles. The smallest absolute Gasteiger partial charge is 0.456 e. The minimum atomic E-state index is -4.45. The first-order chi connectivity index (χ1) is 39.4. The summed E-state index contributed by atoms with van der Waals surface area (Å²) in [5, 5.41) is 3.07. The van der Waals surface area contributed by atoms with Gasteiger partial charge in [-0.3, -0.25) is 18.6 Å². The average Bonchev–Trinajstić information content (AvgIpc) is 3.44. The molecule has 0 aliphatic rings. The van der Waals surface area contributed by atoms with Crippen molar-refractivity contribution in [2.45, 2.75) is 354 Å². The normalized spacial score (nSPS) is 13.8. The number of unbranched alkanes of at least 4 members (excludes halogenated alkanes) is 42. The molecule has 0 spiro atoms. The molecule has 0 saturated carbocycles. The first kappa shape index (κ1) is 79.0. The number of quaternary nitrogens is 1. The number of hydrogen-bond acceptors (Lipinski definition) is 6. The standard InChI is InChI=1S/C71H135N2O7P/c1-7-10-13-16-19-22-25-28-30-32-33-34-35-36-37-38-39-41-42-45-48-51-54-57-60-63-70(74)72-68(67-79-81(76,77)78-66-65-73(4,5)6)69(62-59-56-53-50-47-44-27-24-21-18-15-12-9-3)80-71(75)64-61-58-55-52-49-46-43-40-31-29-26-23-20-17-14-11-8-2/h19,22,28,30,33-34,59,62,68-69H,7-18,20-21,23-27,29,31-32,35-58,60-61,63-67H2,1-6H3,(H-,72,74,76,77)/p+1/b22-19-,30-28-,34-33-,62-59-. The highest BCUT2D eigenvalue weighted by molar-refractivity contribution is 7.47. The Bertz CT molecular complexity index is 1520. The van der Waals surface area contributed by atoms with Crippen molar-refractivity contribution in [3.05, 3.63) is 48.6 Å². The molecule has 10 heteroatoms. The predicted molar refractivity (Wildman–Crippen MR) is 351 cm³/mol. The molecule has 0 radical (unpaired) electrons. The molecule has 0 rings (SSSR count). The highest BCUT2D eigenvalue weighted by atomic mass is 31.2. The monoisotopic (exact) mass is 1160 g/mol. The second-order valence-electron chi connectivity index (χ2n) is 25.1. The van der Waals surface area contributed by atoms with Crippen molar-refractivity contribution in [3.63, 3.8) is 0 Å². The Morgan fingerprint density at radius 1 is 0.432 bits per heavy atom. The van der Waals surface area contributed by atoms with E-state index >= 15 is 0 Å². The number of likely N-dealkylation sites (N-methyl/N-ethyl adjacent to an activating group) is 1. The Morgan fingerprint density at radius 3 is 1.15 bits per heavy atom. The fraction of sp³-hybridized carbons (Fsp3) is 0.859. The number of carbonyl (C=O) groups excluding carboxylic acids is 2. The van der Waals surface area contributed by atoms with E-state index in [1.54, 1.807) is 0 Å². The van der Waals surface area contributed by atoms with Crippen molar-refractivity contribution in [2.75, 3.05) is 40.9 Å². The summed E-state index contributed by atoms with van der Waals surface area (Å²) in [6.45, 7) is 7.04. The molecule has 9 nitrogen and oxygen atoms in total. The zero-order chi connectivity index (χ0) is 59.3.